The largest absolute Gasteiger partial charge is 0.466 e. The molecule has 116 valence electrons. The minimum atomic E-state index is -0.649. The van der Waals surface area contributed by atoms with Gasteiger partial charge >= 0.3 is 5.97 Å². The molecule has 0 unspecified atom stereocenters. The van der Waals surface area contributed by atoms with E-state index in [-0.39, 0.29) is 17.8 Å². The lowest BCUT2D eigenvalue weighted by Crippen LogP contribution is -2.65. The number of carbonyl (C=O) groups is 2. The number of β-amino-alcohol motifs (C(OH)–C–C–N with tert-alkyl or cyclic N) is 1. The Kier molecular flexibility index (Phi) is 6.42. The first-order chi connectivity index (χ1) is 9.37. The summed E-state index contributed by atoms with van der Waals surface area (Å²) < 4.78 is 4.80. The Morgan fingerprint density at radius 2 is 2.05 bits per heavy atom. The normalized spacial score (nSPS) is 17.6. The summed E-state index contributed by atoms with van der Waals surface area (Å²) in [5.41, 5.74) is -0.649. The van der Waals surface area contributed by atoms with Gasteiger partial charge < -0.3 is 15.2 Å². The molecule has 1 amide bonds. The molecular formula is C14H26N2O4. The molecule has 2 N–H and O–H groups in total. The number of carbonyl (C=O) groups excluding carboxylic acids is 2. The lowest BCUT2D eigenvalue weighted by Gasteiger charge is -2.48. The maximum Gasteiger partial charge on any atom is 0.305 e. The summed E-state index contributed by atoms with van der Waals surface area (Å²) in [6.07, 6.45) is 0.908. The van der Waals surface area contributed by atoms with Crippen molar-refractivity contribution in [3.8, 4) is 0 Å². The number of rotatable bonds is 8. The highest BCUT2D eigenvalue weighted by Crippen LogP contribution is 2.27. The van der Waals surface area contributed by atoms with Gasteiger partial charge in [-0.05, 0) is 19.3 Å². The van der Waals surface area contributed by atoms with Gasteiger partial charge in [-0.25, -0.2) is 0 Å². The first kappa shape index (κ1) is 16.9. The molecule has 0 radical (unpaired) electrons. The molecule has 1 fully saturated rings. The van der Waals surface area contributed by atoms with Gasteiger partial charge in [0.1, 0.15) is 0 Å². The van der Waals surface area contributed by atoms with Crippen molar-refractivity contribution in [3.63, 3.8) is 0 Å². The molecule has 1 aliphatic heterocycles. The minimum Gasteiger partial charge on any atom is -0.466 e. The average Bonchev–Trinajstić information content (AvgIpc) is 2.32. The molecule has 0 atom stereocenters. The fraction of sp³-hybridized carbons (Fsp3) is 0.857. The Bertz CT molecular complexity index is 338. The quantitative estimate of drug-likeness (QED) is 0.490. The molecule has 0 spiro atoms. The van der Waals surface area contributed by atoms with Crippen molar-refractivity contribution >= 4 is 11.9 Å². The van der Waals surface area contributed by atoms with Crippen molar-refractivity contribution < 1.29 is 19.4 Å². The van der Waals surface area contributed by atoms with Crippen LogP contribution in [-0.2, 0) is 14.3 Å². The van der Waals surface area contributed by atoms with Crippen LogP contribution in [0.4, 0.5) is 0 Å². The van der Waals surface area contributed by atoms with Gasteiger partial charge in [-0.2, -0.15) is 0 Å². The molecule has 1 rings (SSSR count). The Morgan fingerprint density at radius 1 is 1.40 bits per heavy atom. The number of likely N-dealkylation sites (tertiary alicyclic amines) is 1. The summed E-state index contributed by atoms with van der Waals surface area (Å²) in [5.74, 6) is -0.0995. The molecule has 0 bridgehead atoms. The standard InChI is InChI=1S/C14H26N2O4/c1-4-20-13(18)6-5-7-15-12(17)8-16-9-14(19,10-16)11(2)3/h11,19H,4-10H2,1-3H3,(H,15,17). The first-order valence-electron chi connectivity index (χ1n) is 7.24. The third kappa shape index (κ3) is 5.09. The van der Waals surface area contributed by atoms with Crippen molar-refractivity contribution in [2.45, 2.75) is 39.2 Å². The lowest BCUT2D eigenvalue weighted by molar-refractivity contribution is -0.144. The summed E-state index contributed by atoms with van der Waals surface area (Å²) in [6.45, 7) is 7.97. The zero-order valence-corrected chi connectivity index (χ0v) is 12.6. The van der Waals surface area contributed by atoms with Gasteiger partial charge in [0.05, 0.1) is 18.8 Å². The fourth-order valence-corrected chi connectivity index (χ4v) is 2.16. The SMILES string of the molecule is CCOC(=O)CCCNC(=O)CN1CC(O)(C(C)C)C1. The van der Waals surface area contributed by atoms with Gasteiger partial charge in [0.2, 0.25) is 5.91 Å². The van der Waals surface area contributed by atoms with E-state index in [1.165, 1.54) is 0 Å². The predicted octanol–water partition coefficient (Wildman–Crippen LogP) is 0.149. The predicted molar refractivity (Wildman–Crippen MR) is 75.1 cm³/mol. The Hall–Kier alpha value is -1.14. The third-order valence-electron chi connectivity index (χ3n) is 3.62. The van der Waals surface area contributed by atoms with Gasteiger partial charge in [0.15, 0.2) is 0 Å². The lowest BCUT2D eigenvalue weighted by atomic mass is 9.83. The monoisotopic (exact) mass is 286 g/mol. The number of ether oxygens (including phenoxy) is 1. The highest BCUT2D eigenvalue weighted by Gasteiger charge is 2.43. The number of nitrogens with zero attached hydrogens (tertiary/aromatic N) is 1. The maximum atomic E-state index is 11.6. The van der Waals surface area contributed by atoms with E-state index in [1.54, 1.807) is 6.92 Å². The molecule has 20 heavy (non-hydrogen) atoms. The van der Waals surface area contributed by atoms with E-state index in [0.29, 0.717) is 45.6 Å². The summed E-state index contributed by atoms with van der Waals surface area (Å²) in [7, 11) is 0. The third-order valence-corrected chi connectivity index (χ3v) is 3.62. The second-order valence-corrected chi connectivity index (χ2v) is 5.66. The van der Waals surface area contributed by atoms with Gasteiger partial charge in [-0.1, -0.05) is 13.8 Å². The molecule has 0 aromatic rings. The highest BCUT2D eigenvalue weighted by atomic mass is 16.5. The molecular weight excluding hydrogens is 260 g/mol. The average molecular weight is 286 g/mol. The van der Waals surface area contributed by atoms with E-state index in [0.717, 1.165) is 0 Å². The van der Waals surface area contributed by atoms with Crippen LogP contribution in [0.15, 0.2) is 0 Å². The van der Waals surface area contributed by atoms with Crippen LogP contribution in [-0.4, -0.2) is 60.3 Å². The number of aliphatic hydroxyl groups is 1. The Labute approximate surface area is 120 Å². The molecule has 1 heterocycles. The highest BCUT2D eigenvalue weighted by molar-refractivity contribution is 5.78. The second-order valence-electron chi connectivity index (χ2n) is 5.66. The molecule has 0 aliphatic carbocycles. The second kappa shape index (κ2) is 7.59. The Morgan fingerprint density at radius 3 is 2.60 bits per heavy atom. The van der Waals surface area contributed by atoms with Crippen LogP contribution in [0.1, 0.15) is 33.6 Å². The van der Waals surface area contributed by atoms with Crippen LogP contribution in [0.2, 0.25) is 0 Å². The van der Waals surface area contributed by atoms with E-state index in [2.05, 4.69) is 5.32 Å². The topological polar surface area (TPSA) is 78.9 Å². The number of nitrogens with one attached hydrogen (secondary N) is 1. The summed E-state index contributed by atoms with van der Waals surface area (Å²) in [6, 6.07) is 0. The van der Waals surface area contributed by atoms with Crippen molar-refractivity contribution in [2.75, 3.05) is 32.8 Å². The number of hydrogen-bond acceptors (Lipinski definition) is 5. The van der Waals surface area contributed by atoms with E-state index in [4.69, 9.17) is 4.74 Å². The zero-order valence-electron chi connectivity index (χ0n) is 12.6. The smallest absolute Gasteiger partial charge is 0.305 e. The molecule has 0 saturated carbocycles. The van der Waals surface area contributed by atoms with Crippen molar-refractivity contribution in [1.29, 1.82) is 0 Å². The summed E-state index contributed by atoms with van der Waals surface area (Å²) in [5, 5.41) is 12.8. The van der Waals surface area contributed by atoms with Gasteiger partial charge in [0.25, 0.3) is 0 Å². The van der Waals surface area contributed by atoms with E-state index in [1.807, 2.05) is 18.7 Å². The van der Waals surface area contributed by atoms with Gasteiger partial charge in [-0.3, -0.25) is 14.5 Å². The molecule has 1 aliphatic rings. The van der Waals surface area contributed by atoms with Crippen LogP contribution in [0.25, 0.3) is 0 Å². The number of esters is 1. The molecule has 0 aromatic heterocycles. The van der Waals surface area contributed by atoms with Crippen LogP contribution in [0.3, 0.4) is 0 Å². The van der Waals surface area contributed by atoms with E-state index >= 15 is 0 Å². The number of hydrogen-bond donors (Lipinski definition) is 2. The van der Waals surface area contributed by atoms with E-state index < -0.39 is 5.60 Å². The van der Waals surface area contributed by atoms with Crippen LogP contribution < -0.4 is 5.32 Å². The molecule has 0 aromatic carbocycles. The van der Waals surface area contributed by atoms with Crippen LogP contribution >= 0.6 is 0 Å². The summed E-state index contributed by atoms with van der Waals surface area (Å²) in [4.78, 5) is 24.6. The number of amides is 1. The van der Waals surface area contributed by atoms with E-state index in [9.17, 15) is 14.7 Å². The van der Waals surface area contributed by atoms with Crippen LogP contribution in [0.5, 0.6) is 0 Å². The molecule has 1 saturated heterocycles. The van der Waals surface area contributed by atoms with Crippen LogP contribution in [0, 0.1) is 5.92 Å². The first-order valence-corrected chi connectivity index (χ1v) is 7.24. The van der Waals surface area contributed by atoms with Crippen molar-refractivity contribution in [1.82, 2.24) is 10.2 Å². The fourth-order valence-electron chi connectivity index (χ4n) is 2.16. The maximum absolute atomic E-state index is 11.6. The van der Waals surface area contributed by atoms with Crippen molar-refractivity contribution in [2.24, 2.45) is 5.92 Å². The minimum absolute atomic E-state index is 0.0698. The van der Waals surface area contributed by atoms with Crippen molar-refractivity contribution in [3.05, 3.63) is 0 Å². The summed E-state index contributed by atoms with van der Waals surface area (Å²) >= 11 is 0. The molecule has 6 nitrogen and oxygen atoms in total. The van der Waals surface area contributed by atoms with Gasteiger partial charge in [-0.15, -0.1) is 0 Å². The van der Waals surface area contributed by atoms with Gasteiger partial charge in [0, 0.05) is 26.1 Å². The zero-order chi connectivity index (χ0) is 15.2. The Balaban J connectivity index is 2.07. The molecule has 6 heteroatoms.